The third kappa shape index (κ3) is 2.83. The van der Waals surface area contributed by atoms with Gasteiger partial charge in [0, 0.05) is 31.6 Å². The first-order valence-corrected chi connectivity index (χ1v) is 8.34. The molecule has 1 amide bonds. The molecule has 3 heterocycles. The molecule has 2 saturated heterocycles. The molecule has 0 saturated carbocycles. The van der Waals surface area contributed by atoms with Crippen molar-refractivity contribution in [2.75, 3.05) is 31.1 Å². The van der Waals surface area contributed by atoms with Gasteiger partial charge < -0.3 is 4.90 Å². The molecular formula is C13H21N5OS. The summed E-state index contributed by atoms with van der Waals surface area (Å²) in [5.41, 5.74) is 0. The van der Waals surface area contributed by atoms with Gasteiger partial charge in [-0.3, -0.25) is 14.4 Å². The van der Waals surface area contributed by atoms with E-state index < -0.39 is 0 Å². The molecule has 0 spiro atoms. The van der Waals surface area contributed by atoms with Crippen molar-refractivity contribution in [1.82, 2.24) is 24.6 Å². The van der Waals surface area contributed by atoms with Crippen molar-refractivity contribution >= 4 is 17.7 Å². The summed E-state index contributed by atoms with van der Waals surface area (Å²) in [5.74, 6) is 3.38. The van der Waals surface area contributed by atoms with Crippen molar-refractivity contribution in [3.05, 3.63) is 12.2 Å². The monoisotopic (exact) mass is 295 g/mol. The lowest BCUT2D eigenvalue weighted by molar-refractivity contribution is -0.135. The zero-order valence-corrected chi connectivity index (χ0v) is 12.7. The van der Waals surface area contributed by atoms with Crippen molar-refractivity contribution < 1.29 is 4.79 Å². The van der Waals surface area contributed by atoms with Crippen LogP contribution in [0.1, 0.15) is 18.7 Å². The van der Waals surface area contributed by atoms with Crippen LogP contribution < -0.4 is 0 Å². The van der Waals surface area contributed by atoms with Crippen molar-refractivity contribution in [3.8, 4) is 0 Å². The van der Waals surface area contributed by atoms with Gasteiger partial charge in [0.25, 0.3) is 0 Å². The molecule has 1 atom stereocenters. The Hall–Kier alpha value is -1.08. The maximum atomic E-state index is 12.7. The van der Waals surface area contributed by atoms with Gasteiger partial charge in [-0.05, 0) is 19.4 Å². The fourth-order valence-electron chi connectivity index (χ4n) is 2.93. The quantitative estimate of drug-likeness (QED) is 0.806. The molecule has 2 aliphatic heterocycles. The van der Waals surface area contributed by atoms with Crippen LogP contribution in [0.15, 0.2) is 6.33 Å². The summed E-state index contributed by atoms with van der Waals surface area (Å²) in [6, 6.07) is 0.0369. The molecule has 7 heteroatoms. The second-order valence-corrected chi connectivity index (χ2v) is 6.59. The topological polar surface area (TPSA) is 54.3 Å². The third-order valence-corrected chi connectivity index (χ3v) is 5.06. The fraction of sp³-hybridized carbons (Fsp3) is 0.769. The van der Waals surface area contributed by atoms with Gasteiger partial charge in [-0.25, -0.2) is 4.98 Å². The lowest BCUT2D eigenvalue weighted by Crippen LogP contribution is -2.48. The first kappa shape index (κ1) is 13.9. The van der Waals surface area contributed by atoms with Gasteiger partial charge in [0.1, 0.15) is 12.2 Å². The van der Waals surface area contributed by atoms with E-state index in [1.165, 1.54) is 0 Å². The average molecular weight is 295 g/mol. The van der Waals surface area contributed by atoms with Gasteiger partial charge in [-0.15, -0.1) is 0 Å². The van der Waals surface area contributed by atoms with Crippen LogP contribution in [0.5, 0.6) is 0 Å². The molecule has 110 valence electrons. The molecule has 0 radical (unpaired) electrons. The number of carbonyl (C=O) groups is 1. The normalized spacial score (nSPS) is 24.2. The summed E-state index contributed by atoms with van der Waals surface area (Å²) in [5, 5.41) is 4.10. The minimum Gasteiger partial charge on any atom is -0.340 e. The predicted octanol–water partition coefficient (Wildman–Crippen LogP) is 0.355. The molecule has 2 aliphatic rings. The van der Waals surface area contributed by atoms with Crippen molar-refractivity contribution in [1.29, 1.82) is 0 Å². The zero-order valence-electron chi connectivity index (χ0n) is 11.9. The van der Waals surface area contributed by atoms with Crippen LogP contribution in [-0.4, -0.2) is 67.7 Å². The Balaban J connectivity index is 1.65. The molecule has 0 bridgehead atoms. The van der Waals surface area contributed by atoms with E-state index >= 15 is 0 Å². The molecule has 6 nitrogen and oxygen atoms in total. The zero-order chi connectivity index (χ0) is 13.9. The fourth-order valence-corrected chi connectivity index (χ4v) is 3.84. The lowest BCUT2D eigenvalue weighted by Gasteiger charge is -2.32. The summed E-state index contributed by atoms with van der Waals surface area (Å²) >= 11 is 1.94. The Labute approximate surface area is 123 Å². The van der Waals surface area contributed by atoms with Gasteiger partial charge in [0.15, 0.2) is 0 Å². The summed E-state index contributed by atoms with van der Waals surface area (Å²) in [6.07, 6.45) is 3.64. The second kappa shape index (κ2) is 6.13. The molecule has 3 rings (SSSR count). The number of carbonyl (C=O) groups excluding carboxylic acids is 1. The molecule has 0 aliphatic carbocycles. The Bertz CT molecular complexity index is 471. The van der Waals surface area contributed by atoms with E-state index in [0.29, 0.717) is 5.91 Å². The Morgan fingerprint density at radius 2 is 2.20 bits per heavy atom. The van der Waals surface area contributed by atoms with Gasteiger partial charge in [-0.1, -0.05) is 0 Å². The molecule has 20 heavy (non-hydrogen) atoms. The molecular weight excluding hydrogens is 274 g/mol. The number of aromatic nitrogens is 3. The van der Waals surface area contributed by atoms with Gasteiger partial charge in [0.2, 0.25) is 5.91 Å². The van der Waals surface area contributed by atoms with Crippen molar-refractivity contribution in [3.63, 3.8) is 0 Å². The number of hydrogen-bond donors (Lipinski definition) is 0. The van der Waals surface area contributed by atoms with E-state index in [0.717, 1.165) is 56.4 Å². The standard InChI is InChI=1S/C13H21N5OS/c1-16-12(14-10-15-16)9-18-4-2-3-11(18)13(19)17-5-7-20-8-6-17/h10-11H,2-9H2,1H3/t11-/m0/s1. The van der Waals surface area contributed by atoms with E-state index in [9.17, 15) is 4.79 Å². The molecule has 1 aromatic rings. The van der Waals surface area contributed by atoms with Gasteiger partial charge in [-0.2, -0.15) is 16.9 Å². The van der Waals surface area contributed by atoms with E-state index in [1.807, 2.05) is 23.7 Å². The van der Waals surface area contributed by atoms with E-state index in [-0.39, 0.29) is 6.04 Å². The summed E-state index contributed by atoms with van der Waals surface area (Å²) in [6.45, 7) is 3.50. The first-order valence-electron chi connectivity index (χ1n) is 7.19. The highest BCUT2D eigenvalue weighted by Crippen LogP contribution is 2.22. The van der Waals surface area contributed by atoms with E-state index in [2.05, 4.69) is 15.0 Å². The number of nitrogens with zero attached hydrogens (tertiary/aromatic N) is 5. The van der Waals surface area contributed by atoms with Gasteiger partial charge >= 0.3 is 0 Å². The van der Waals surface area contributed by atoms with Crippen LogP contribution in [0, 0.1) is 0 Å². The summed E-state index contributed by atoms with van der Waals surface area (Å²) < 4.78 is 1.79. The van der Waals surface area contributed by atoms with Crippen LogP contribution in [-0.2, 0) is 18.4 Å². The summed E-state index contributed by atoms with van der Waals surface area (Å²) in [4.78, 5) is 21.2. The molecule has 1 aromatic heterocycles. The molecule has 0 aromatic carbocycles. The smallest absolute Gasteiger partial charge is 0.239 e. The minimum absolute atomic E-state index is 0.0369. The maximum Gasteiger partial charge on any atom is 0.239 e. The van der Waals surface area contributed by atoms with Crippen LogP contribution in [0.25, 0.3) is 0 Å². The van der Waals surface area contributed by atoms with Crippen LogP contribution in [0.2, 0.25) is 0 Å². The number of aryl methyl sites for hydroxylation is 1. The predicted molar refractivity (Wildman–Crippen MR) is 78.3 cm³/mol. The first-order chi connectivity index (χ1) is 9.75. The maximum absolute atomic E-state index is 12.7. The number of hydrogen-bond acceptors (Lipinski definition) is 5. The number of amides is 1. The highest BCUT2D eigenvalue weighted by Gasteiger charge is 2.34. The van der Waals surface area contributed by atoms with Crippen LogP contribution in [0.4, 0.5) is 0 Å². The van der Waals surface area contributed by atoms with Crippen molar-refractivity contribution in [2.45, 2.75) is 25.4 Å². The highest BCUT2D eigenvalue weighted by molar-refractivity contribution is 7.99. The van der Waals surface area contributed by atoms with Crippen molar-refractivity contribution in [2.24, 2.45) is 7.05 Å². The Kier molecular flexibility index (Phi) is 4.26. The minimum atomic E-state index is 0.0369. The Morgan fingerprint density at radius 1 is 1.40 bits per heavy atom. The number of rotatable bonds is 3. The number of likely N-dealkylation sites (tertiary alicyclic amines) is 1. The lowest BCUT2D eigenvalue weighted by atomic mass is 10.2. The SMILES string of the molecule is Cn1ncnc1CN1CCC[C@H]1C(=O)N1CCSCC1. The van der Waals surface area contributed by atoms with Gasteiger partial charge in [0.05, 0.1) is 12.6 Å². The largest absolute Gasteiger partial charge is 0.340 e. The average Bonchev–Trinajstić information content (AvgIpc) is 3.09. The van der Waals surface area contributed by atoms with Crippen LogP contribution in [0.3, 0.4) is 0 Å². The third-order valence-electron chi connectivity index (χ3n) is 4.12. The second-order valence-electron chi connectivity index (χ2n) is 5.37. The van der Waals surface area contributed by atoms with Crippen LogP contribution >= 0.6 is 11.8 Å². The molecule has 0 N–H and O–H groups in total. The highest BCUT2D eigenvalue weighted by atomic mass is 32.2. The molecule has 0 unspecified atom stereocenters. The number of thioether (sulfide) groups is 1. The summed E-state index contributed by atoms with van der Waals surface area (Å²) in [7, 11) is 1.90. The Morgan fingerprint density at radius 3 is 2.90 bits per heavy atom. The van der Waals surface area contributed by atoms with E-state index in [4.69, 9.17) is 0 Å². The van der Waals surface area contributed by atoms with E-state index in [1.54, 1.807) is 11.0 Å². The molecule has 2 fully saturated rings.